The normalized spacial score (nSPS) is 28.5. The van der Waals surface area contributed by atoms with E-state index in [4.69, 9.17) is 42.6 Å². The molecule has 2 bridgehead atoms. The number of rotatable bonds is 28. The molecule has 3 aromatic rings. The molecule has 0 radical (unpaired) electrons. The van der Waals surface area contributed by atoms with E-state index in [0.717, 1.165) is 58.8 Å². The molecule has 4 fully saturated rings. The number of ketones is 1. The number of carbonyl (C=O) groups is 7. The first kappa shape index (κ1) is 67.2. The minimum atomic E-state index is -2.49. The van der Waals surface area contributed by atoms with Crippen LogP contribution in [-0.4, -0.2) is 132 Å². The summed E-state index contributed by atoms with van der Waals surface area (Å²) in [6.07, 6.45) is 6.99. The molecule has 19 nitrogen and oxygen atoms in total. The summed E-state index contributed by atoms with van der Waals surface area (Å²) in [5.74, 6) is -7.13. The molecule has 5 aliphatic rings. The van der Waals surface area contributed by atoms with Crippen LogP contribution in [0.1, 0.15) is 184 Å². The molecule has 478 valence electrons. The van der Waals surface area contributed by atoms with Crippen LogP contribution in [-0.2, 0) is 61.8 Å². The zero-order valence-electron chi connectivity index (χ0n) is 51.9. The summed E-state index contributed by atoms with van der Waals surface area (Å²) in [6.45, 7) is 9.94. The van der Waals surface area contributed by atoms with Crippen molar-refractivity contribution >= 4 is 41.7 Å². The van der Waals surface area contributed by atoms with Crippen molar-refractivity contribution in [2.24, 2.45) is 16.7 Å². The summed E-state index contributed by atoms with van der Waals surface area (Å²) < 4.78 is 54.7. The molecule has 8 rings (SSSR count). The lowest BCUT2D eigenvalue weighted by molar-refractivity contribution is -0.346. The van der Waals surface area contributed by atoms with Gasteiger partial charge in [0.25, 0.3) is 5.91 Å². The lowest BCUT2D eigenvalue weighted by atomic mass is 9.44. The van der Waals surface area contributed by atoms with Crippen LogP contribution in [0.25, 0.3) is 0 Å². The van der Waals surface area contributed by atoms with Gasteiger partial charge in [-0.05, 0) is 93.3 Å². The highest BCUT2D eigenvalue weighted by Gasteiger charge is 2.78. The predicted molar refractivity (Wildman–Crippen MR) is 322 cm³/mol. The van der Waals surface area contributed by atoms with E-state index < -0.39 is 131 Å². The zero-order valence-corrected chi connectivity index (χ0v) is 51.9. The van der Waals surface area contributed by atoms with Crippen LogP contribution >= 0.6 is 0 Å². The van der Waals surface area contributed by atoms with Gasteiger partial charge in [-0.3, -0.25) is 19.2 Å². The first-order valence-electron chi connectivity index (χ1n) is 31.4. The summed E-state index contributed by atoms with van der Waals surface area (Å²) in [7, 11) is 0. The maximum Gasteiger partial charge on any atom is 0.509 e. The summed E-state index contributed by atoms with van der Waals surface area (Å²) in [6, 6.07) is 22.7. The Kier molecular flexibility index (Phi) is 23.0. The number of aliphatic hydroxyl groups excluding tert-OH is 1. The van der Waals surface area contributed by atoms with Crippen LogP contribution < -0.4 is 5.32 Å². The average molecular weight is 1220 g/mol. The van der Waals surface area contributed by atoms with E-state index in [1.165, 1.54) is 64.5 Å². The number of ether oxygens (including phenoxy) is 9. The summed E-state index contributed by atoms with van der Waals surface area (Å²) in [5.41, 5.74) is -7.59. The fourth-order valence-electron chi connectivity index (χ4n) is 13.7. The molecule has 1 amide bonds. The van der Waals surface area contributed by atoms with Crippen LogP contribution in [0.3, 0.4) is 0 Å². The molecule has 19 heteroatoms. The molecule has 3 aromatic carbocycles. The van der Waals surface area contributed by atoms with E-state index in [-0.39, 0.29) is 48.5 Å². The van der Waals surface area contributed by atoms with Crippen molar-refractivity contribution in [2.45, 2.75) is 217 Å². The van der Waals surface area contributed by atoms with Gasteiger partial charge in [-0.1, -0.05) is 151 Å². The number of amides is 1. The van der Waals surface area contributed by atoms with Gasteiger partial charge in [0.1, 0.15) is 42.7 Å². The van der Waals surface area contributed by atoms with Crippen LogP contribution in [0.2, 0.25) is 0 Å². The SMILES string of the molecule is CCCCCCCC/C=C\CCCCCCCC1OC[C@@H](COC(=O)O[C@@H](C(=O)O[C@H]2C[C@@]3(O)[C@@H](OC(=O)c4ccccc4)[C@@H]4[C@]5(OC(C)=O)CO[C@@H]5C[C@H](O)[C@@]4(C)C(=O)[C@H](OC(C)=O)C(=C2C)C3(C)C)[C@@H](NC(=O)c2ccccc2)c2ccccc2)O1. The van der Waals surface area contributed by atoms with Crippen LogP contribution in [0.4, 0.5) is 4.79 Å². The number of Topliss-reactive ketones (excluding diaryl/α,β-unsaturated/α-hetero) is 1. The summed E-state index contributed by atoms with van der Waals surface area (Å²) >= 11 is 0. The highest BCUT2D eigenvalue weighted by molar-refractivity contribution is 5.96. The maximum absolute atomic E-state index is 15.9. The lowest BCUT2D eigenvalue weighted by Gasteiger charge is -2.67. The third-order valence-electron chi connectivity index (χ3n) is 18.6. The minimum absolute atomic E-state index is 0.0405. The Balaban J connectivity index is 1.06. The van der Waals surface area contributed by atoms with Crippen molar-refractivity contribution in [1.82, 2.24) is 5.32 Å². The van der Waals surface area contributed by atoms with Gasteiger partial charge in [-0.2, -0.15) is 0 Å². The number of hydrogen-bond donors (Lipinski definition) is 3. The number of allylic oxidation sites excluding steroid dienone is 2. The Morgan fingerprint density at radius 1 is 0.750 bits per heavy atom. The number of fused-ring (bicyclic) bond motifs is 5. The molecular weight excluding hydrogens is 1130 g/mol. The van der Waals surface area contributed by atoms with Crippen molar-refractivity contribution in [3.05, 3.63) is 131 Å². The first-order chi connectivity index (χ1) is 42.2. The van der Waals surface area contributed by atoms with Crippen molar-refractivity contribution in [3.63, 3.8) is 0 Å². The number of unbranched alkanes of at least 4 members (excludes halogenated alkanes) is 11. The molecule has 3 aliphatic carbocycles. The van der Waals surface area contributed by atoms with E-state index in [2.05, 4.69) is 24.4 Å². The first-order valence-corrected chi connectivity index (χ1v) is 31.4. The molecule has 2 saturated carbocycles. The Hall–Kier alpha value is -6.77. The van der Waals surface area contributed by atoms with Gasteiger partial charge in [0.2, 0.25) is 6.10 Å². The van der Waals surface area contributed by atoms with E-state index >= 15 is 9.59 Å². The van der Waals surface area contributed by atoms with Crippen LogP contribution in [0.15, 0.2) is 114 Å². The van der Waals surface area contributed by atoms with E-state index in [1.807, 2.05) is 0 Å². The van der Waals surface area contributed by atoms with Crippen molar-refractivity contribution < 1.29 is 86.4 Å². The quantitative estimate of drug-likeness (QED) is 0.0264. The topological polar surface area (TPSA) is 255 Å². The number of aliphatic hydroxyl groups is 2. The molecule has 1 unspecified atom stereocenters. The second-order valence-electron chi connectivity index (χ2n) is 24.9. The van der Waals surface area contributed by atoms with Gasteiger partial charge in [-0.25, -0.2) is 14.4 Å². The monoisotopic (exact) mass is 1220 g/mol. The van der Waals surface area contributed by atoms with E-state index in [9.17, 15) is 34.2 Å². The highest BCUT2D eigenvalue weighted by atomic mass is 16.8. The molecular formula is C69H89NO18. The molecule has 0 spiro atoms. The lowest BCUT2D eigenvalue weighted by Crippen LogP contribution is -2.82. The Bertz CT molecular complexity index is 2950. The smallest absolute Gasteiger partial charge is 0.455 e. The fourth-order valence-corrected chi connectivity index (χ4v) is 13.7. The minimum Gasteiger partial charge on any atom is -0.455 e. The number of esters is 4. The zero-order chi connectivity index (χ0) is 63.2. The van der Waals surface area contributed by atoms with E-state index in [0.29, 0.717) is 12.0 Å². The van der Waals surface area contributed by atoms with Crippen molar-refractivity contribution in [2.75, 3.05) is 19.8 Å². The number of nitrogens with one attached hydrogen (secondary N) is 1. The molecule has 88 heavy (non-hydrogen) atoms. The highest BCUT2D eigenvalue weighted by Crippen LogP contribution is 2.64. The molecule has 2 aliphatic heterocycles. The molecule has 0 aromatic heterocycles. The second kappa shape index (κ2) is 30.2. The molecule has 3 N–H and O–H groups in total. The maximum atomic E-state index is 15.9. The van der Waals surface area contributed by atoms with Crippen LogP contribution in [0, 0.1) is 16.7 Å². The number of hydrogen-bond acceptors (Lipinski definition) is 18. The standard InChI is InChI=1S/C69H89NO18/c1-8-9-10-11-12-13-14-15-16-17-18-19-20-21-31-38-54-80-41-50(84-54)42-81-65(78)86-58(56(47-32-25-22-26-33-47)70-62(75)48-34-27-23-28-35-48)64(77)85-51-40-69(79)61(87-63(76)49-36-29-24-30-37-49)59-67(7,52(73)39-53-68(59,43-82-53)88-46(4)72)60(74)57(83-45(3)71)55(44(51)2)66(69,5)6/h15-16,22-30,32-37,50-54,56-59,61,73,79H,8-14,17-21,31,38-43H2,1-7H3,(H,70,75)/b16-15-/t50-,51-,52-,53+,54?,56-,57+,58+,59-,61-,67+,68-,69+/m0/s1. The summed E-state index contributed by atoms with van der Waals surface area (Å²) in [4.78, 5) is 101. The number of benzene rings is 3. The van der Waals surface area contributed by atoms with Gasteiger partial charge in [0.05, 0.1) is 36.2 Å². The largest absolute Gasteiger partial charge is 0.509 e. The molecule has 2 heterocycles. The Morgan fingerprint density at radius 3 is 1.95 bits per heavy atom. The number of carbonyl (C=O) groups excluding carboxylic acids is 7. The predicted octanol–water partition coefficient (Wildman–Crippen LogP) is 10.7. The van der Waals surface area contributed by atoms with Gasteiger partial charge in [0, 0.05) is 37.7 Å². The Labute approximate surface area is 516 Å². The van der Waals surface area contributed by atoms with Crippen molar-refractivity contribution in [1.29, 1.82) is 0 Å². The molecule has 2 saturated heterocycles. The van der Waals surface area contributed by atoms with E-state index in [1.54, 1.807) is 92.7 Å². The molecule has 13 atom stereocenters. The van der Waals surface area contributed by atoms with Gasteiger partial charge in [0.15, 0.2) is 23.8 Å². The summed E-state index contributed by atoms with van der Waals surface area (Å²) in [5, 5.41) is 29.3. The van der Waals surface area contributed by atoms with Gasteiger partial charge >= 0.3 is 30.0 Å². The third kappa shape index (κ3) is 15.1. The average Bonchev–Trinajstić information content (AvgIpc) is 0.817. The van der Waals surface area contributed by atoms with Crippen molar-refractivity contribution in [3.8, 4) is 0 Å². The van der Waals surface area contributed by atoms with Gasteiger partial charge < -0.3 is 58.2 Å². The fraction of sp³-hybridized carbons (Fsp3) is 0.580. The van der Waals surface area contributed by atoms with Crippen LogP contribution in [0.5, 0.6) is 0 Å². The van der Waals surface area contributed by atoms with Gasteiger partial charge in [-0.15, -0.1) is 0 Å². The Morgan fingerprint density at radius 2 is 1.35 bits per heavy atom. The third-order valence-corrected chi connectivity index (χ3v) is 18.6. The second-order valence-corrected chi connectivity index (χ2v) is 24.9.